The zero-order chi connectivity index (χ0) is 14.5. The maximum Gasteiger partial charge on any atom is 0.254 e. The van der Waals surface area contributed by atoms with Gasteiger partial charge in [-0.1, -0.05) is 17.7 Å². The Labute approximate surface area is 124 Å². The van der Waals surface area contributed by atoms with E-state index in [1.54, 1.807) is 23.2 Å². The van der Waals surface area contributed by atoms with E-state index < -0.39 is 0 Å². The molecule has 0 aliphatic heterocycles. The minimum Gasteiger partial charge on any atom is -0.333 e. The summed E-state index contributed by atoms with van der Waals surface area (Å²) < 4.78 is 0. The van der Waals surface area contributed by atoms with Crippen molar-refractivity contribution in [1.82, 2.24) is 9.88 Å². The van der Waals surface area contributed by atoms with Gasteiger partial charge in [-0.25, -0.2) is 0 Å². The van der Waals surface area contributed by atoms with Crippen molar-refractivity contribution in [1.29, 1.82) is 0 Å². The fourth-order valence-electron chi connectivity index (χ4n) is 1.97. The molecule has 1 amide bonds. The first-order valence-electron chi connectivity index (χ1n) is 6.57. The Morgan fingerprint density at radius 2 is 2.10 bits per heavy atom. The average Bonchev–Trinajstić information content (AvgIpc) is 2.48. The number of aromatic nitrogens is 1. The van der Waals surface area contributed by atoms with Gasteiger partial charge in [-0.15, -0.1) is 0 Å². The number of carbonyl (C=O) groups is 1. The summed E-state index contributed by atoms with van der Waals surface area (Å²) in [5.74, 6) is -0.00193. The van der Waals surface area contributed by atoms with Crippen molar-refractivity contribution in [2.24, 2.45) is 0 Å². The van der Waals surface area contributed by atoms with Crippen molar-refractivity contribution in [3.05, 3.63) is 64.4 Å². The van der Waals surface area contributed by atoms with Gasteiger partial charge < -0.3 is 4.90 Å². The second kappa shape index (κ2) is 6.53. The monoisotopic (exact) mass is 288 g/mol. The lowest BCUT2D eigenvalue weighted by Gasteiger charge is -2.20. The van der Waals surface area contributed by atoms with Crippen LogP contribution in [0.1, 0.15) is 28.5 Å². The molecular weight excluding hydrogens is 272 g/mol. The van der Waals surface area contributed by atoms with Gasteiger partial charge in [0.1, 0.15) is 0 Å². The number of halogens is 1. The van der Waals surface area contributed by atoms with Gasteiger partial charge in [-0.3, -0.25) is 9.78 Å². The Hall–Kier alpha value is -1.87. The summed E-state index contributed by atoms with van der Waals surface area (Å²) in [5.41, 5.74) is 2.45. The van der Waals surface area contributed by atoms with Crippen molar-refractivity contribution < 1.29 is 4.79 Å². The number of nitrogens with zero attached hydrogens (tertiary/aromatic N) is 2. The van der Waals surface area contributed by atoms with Gasteiger partial charge in [0.25, 0.3) is 5.91 Å². The summed E-state index contributed by atoms with van der Waals surface area (Å²) in [6.45, 7) is 5.01. The molecule has 0 atom stereocenters. The molecule has 104 valence electrons. The van der Waals surface area contributed by atoms with Gasteiger partial charge in [-0.2, -0.15) is 0 Å². The molecule has 0 aliphatic carbocycles. The lowest BCUT2D eigenvalue weighted by Crippen LogP contribution is -2.30. The van der Waals surface area contributed by atoms with Crippen LogP contribution in [0.15, 0.2) is 42.6 Å². The molecule has 0 aliphatic rings. The minimum absolute atomic E-state index is 0.00193. The molecule has 0 saturated heterocycles. The summed E-state index contributed by atoms with van der Waals surface area (Å²) in [6.07, 6.45) is 1.74. The third-order valence-corrected chi connectivity index (χ3v) is 3.58. The highest BCUT2D eigenvalue weighted by molar-refractivity contribution is 6.31. The van der Waals surface area contributed by atoms with E-state index in [9.17, 15) is 4.79 Å². The van der Waals surface area contributed by atoms with E-state index in [-0.39, 0.29) is 5.91 Å². The molecule has 0 unspecified atom stereocenters. The first-order valence-corrected chi connectivity index (χ1v) is 6.95. The third-order valence-electron chi connectivity index (χ3n) is 3.15. The molecule has 1 heterocycles. The quantitative estimate of drug-likeness (QED) is 0.859. The third kappa shape index (κ3) is 3.36. The van der Waals surface area contributed by atoms with Crippen LogP contribution in [-0.4, -0.2) is 22.3 Å². The van der Waals surface area contributed by atoms with Gasteiger partial charge >= 0.3 is 0 Å². The molecule has 2 rings (SSSR count). The Kier molecular flexibility index (Phi) is 4.74. The first-order chi connectivity index (χ1) is 9.61. The van der Waals surface area contributed by atoms with Gasteiger partial charge in [0, 0.05) is 23.3 Å². The Morgan fingerprint density at radius 3 is 2.70 bits per heavy atom. The number of aryl methyl sites for hydroxylation is 1. The zero-order valence-corrected chi connectivity index (χ0v) is 12.4. The van der Waals surface area contributed by atoms with E-state index in [2.05, 4.69) is 4.98 Å². The van der Waals surface area contributed by atoms with Crippen LogP contribution in [0, 0.1) is 6.92 Å². The number of hydrogen-bond donors (Lipinski definition) is 0. The number of hydrogen-bond acceptors (Lipinski definition) is 2. The molecule has 0 spiro atoms. The highest BCUT2D eigenvalue weighted by Crippen LogP contribution is 2.18. The van der Waals surface area contributed by atoms with Gasteiger partial charge in [0.15, 0.2) is 0 Å². The molecule has 3 nitrogen and oxygen atoms in total. The van der Waals surface area contributed by atoms with E-state index >= 15 is 0 Å². The number of rotatable bonds is 4. The van der Waals surface area contributed by atoms with Crippen LogP contribution in [-0.2, 0) is 6.54 Å². The largest absolute Gasteiger partial charge is 0.333 e. The second-order valence-corrected chi connectivity index (χ2v) is 5.01. The number of pyridine rings is 1. The molecule has 0 saturated carbocycles. The summed E-state index contributed by atoms with van der Waals surface area (Å²) in [6, 6.07) is 11.1. The fraction of sp³-hybridized carbons (Fsp3) is 0.250. The highest BCUT2D eigenvalue weighted by atomic mass is 35.5. The van der Waals surface area contributed by atoms with Crippen molar-refractivity contribution in [3.8, 4) is 0 Å². The number of amides is 1. The predicted molar refractivity (Wildman–Crippen MR) is 80.8 cm³/mol. The minimum atomic E-state index is -0.00193. The second-order valence-electron chi connectivity index (χ2n) is 4.60. The molecule has 4 heteroatoms. The zero-order valence-electron chi connectivity index (χ0n) is 11.6. The molecule has 20 heavy (non-hydrogen) atoms. The van der Waals surface area contributed by atoms with Gasteiger partial charge in [0.2, 0.25) is 0 Å². The van der Waals surface area contributed by atoms with Crippen molar-refractivity contribution >= 4 is 17.5 Å². The van der Waals surface area contributed by atoms with Crippen LogP contribution in [0.3, 0.4) is 0 Å². The molecule has 0 radical (unpaired) electrons. The van der Waals surface area contributed by atoms with E-state index in [1.165, 1.54) is 0 Å². The van der Waals surface area contributed by atoms with Crippen LogP contribution >= 0.6 is 11.6 Å². The standard InChI is InChI=1S/C16H17ClN2O/c1-3-19(11-14-6-4-5-9-18-14)16(20)13-7-8-15(17)12(2)10-13/h4-10H,3,11H2,1-2H3. The van der Waals surface area contributed by atoms with E-state index in [0.717, 1.165) is 11.3 Å². The maximum atomic E-state index is 12.5. The molecular formula is C16H17ClN2O. The van der Waals surface area contributed by atoms with Crippen LogP contribution in [0.25, 0.3) is 0 Å². The smallest absolute Gasteiger partial charge is 0.254 e. The summed E-state index contributed by atoms with van der Waals surface area (Å²) >= 11 is 5.99. The Bertz CT molecular complexity index is 599. The van der Waals surface area contributed by atoms with Crippen molar-refractivity contribution in [3.63, 3.8) is 0 Å². The summed E-state index contributed by atoms with van der Waals surface area (Å²) in [4.78, 5) is 18.5. The average molecular weight is 289 g/mol. The maximum absolute atomic E-state index is 12.5. The number of carbonyl (C=O) groups excluding carboxylic acids is 1. The van der Waals surface area contributed by atoms with Crippen LogP contribution in [0.5, 0.6) is 0 Å². The molecule has 1 aromatic carbocycles. The predicted octanol–water partition coefficient (Wildman–Crippen LogP) is 3.71. The first kappa shape index (κ1) is 14.5. The molecule has 0 bridgehead atoms. The van der Waals surface area contributed by atoms with E-state index in [0.29, 0.717) is 23.7 Å². The SMILES string of the molecule is CCN(Cc1ccccn1)C(=O)c1ccc(Cl)c(C)c1. The Morgan fingerprint density at radius 1 is 1.30 bits per heavy atom. The fourth-order valence-corrected chi connectivity index (χ4v) is 2.09. The molecule has 2 aromatic rings. The van der Waals surface area contributed by atoms with Crippen LogP contribution < -0.4 is 0 Å². The summed E-state index contributed by atoms with van der Waals surface area (Å²) in [7, 11) is 0. The van der Waals surface area contributed by atoms with Crippen LogP contribution in [0.4, 0.5) is 0 Å². The lowest BCUT2D eigenvalue weighted by molar-refractivity contribution is 0.0750. The van der Waals surface area contributed by atoms with Crippen molar-refractivity contribution in [2.45, 2.75) is 20.4 Å². The molecule has 1 aromatic heterocycles. The van der Waals surface area contributed by atoms with Crippen LogP contribution in [0.2, 0.25) is 5.02 Å². The topological polar surface area (TPSA) is 33.2 Å². The Balaban J connectivity index is 2.18. The molecule has 0 N–H and O–H groups in total. The number of benzene rings is 1. The molecule has 0 fully saturated rings. The van der Waals surface area contributed by atoms with Gasteiger partial charge in [0.05, 0.1) is 12.2 Å². The summed E-state index contributed by atoms with van der Waals surface area (Å²) in [5, 5.41) is 0.675. The van der Waals surface area contributed by atoms with Crippen molar-refractivity contribution in [2.75, 3.05) is 6.54 Å². The van der Waals surface area contributed by atoms with Gasteiger partial charge in [-0.05, 0) is 49.7 Å². The van der Waals surface area contributed by atoms with E-state index in [4.69, 9.17) is 11.6 Å². The van der Waals surface area contributed by atoms with E-state index in [1.807, 2.05) is 38.1 Å². The lowest BCUT2D eigenvalue weighted by atomic mass is 10.1. The highest BCUT2D eigenvalue weighted by Gasteiger charge is 2.15. The normalized spacial score (nSPS) is 10.3.